The van der Waals surface area contributed by atoms with Gasteiger partial charge in [0, 0.05) is 19.0 Å². The van der Waals surface area contributed by atoms with Crippen LogP contribution in [0.3, 0.4) is 0 Å². The second-order valence-corrected chi connectivity index (χ2v) is 7.15. The molecule has 1 heterocycles. The SMILES string of the molecule is Cc1nc(CN(C)C(=O)NCC(C)(C)CC(C)O)cs1. The normalized spacial score (nSPS) is 13.1. The Hall–Kier alpha value is -1.14. The lowest BCUT2D eigenvalue weighted by Gasteiger charge is -2.27. The molecule has 5 nitrogen and oxygen atoms in total. The number of rotatable bonds is 6. The fourth-order valence-corrected chi connectivity index (χ4v) is 2.72. The van der Waals surface area contributed by atoms with Gasteiger partial charge in [-0.25, -0.2) is 9.78 Å². The van der Waals surface area contributed by atoms with Crippen LogP contribution >= 0.6 is 11.3 Å². The van der Waals surface area contributed by atoms with Gasteiger partial charge in [0.15, 0.2) is 0 Å². The maximum atomic E-state index is 12.0. The molecule has 1 rings (SSSR count). The van der Waals surface area contributed by atoms with Crippen molar-refractivity contribution < 1.29 is 9.90 Å². The number of nitrogens with zero attached hydrogens (tertiary/aromatic N) is 2. The summed E-state index contributed by atoms with van der Waals surface area (Å²) in [7, 11) is 1.76. The summed E-state index contributed by atoms with van der Waals surface area (Å²) in [6.45, 7) is 8.82. The first-order chi connectivity index (χ1) is 9.19. The number of hydrogen-bond donors (Lipinski definition) is 2. The number of aryl methyl sites for hydroxylation is 1. The molecule has 1 atom stereocenters. The molecule has 2 N–H and O–H groups in total. The summed E-state index contributed by atoms with van der Waals surface area (Å²) in [6.07, 6.45) is 0.292. The quantitative estimate of drug-likeness (QED) is 0.847. The Morgan fingerprint density at radius 3 is 2.75 bits per heavy atom. The van der Waals surface area contributed by atoms with E-state index in [1.54, 1.807) is 30.2 Å². The molecular weight excluding hydrogens is 274 g/mol. The highest BCUT2D eigenvalue weighted by molar-refractivity contribution is 7.09. The number of aromatic nitrogens is 1. The van der Waals surface area contributed by atoms with Crippen molar-refractivity contribution in [1.29, 1.82) is 0 Å². The molecule has 2 amide bonds. The van der Waals surface area contributed by atoms with Crippen LogP contribution < -0.4 is 5.32 Å². The van der Waals surface area contributed by atoms with Crippen LogP contribution in [0.5, 0.6) is 0 Å². The number of carbonyl (C=O) groups is 1. The lowest BCUT2D eigenvalue weighted by atomic mass is 9.87. The van der Waals surface area contributed by atoms with Gasteiger partial charge < -0.3 is 15.3 Å². The molecule has 1 aromatic rings. The van der Waals surface area contributed by atoms with Crippen molar-refractivity contribution in [3.8, 4) is 0 Å². The van der Waals surface area contributed by atoms with Crippen LogP contribution in [-0.2, 0) is 6.54 Å². The second-order valence-electron chi connectivity index (χ2n) is 6.09. The Bertz CT molecular complexity index is 443. The number of carbonyl (C=O) groups excluding carboxylic acids is 1. The van der Waals surface area contributed by atoms with Crippen LogP contribution in [0, 0.1) is 12.3 Å². The molecule has 0 aliphatic heterocycles. The molecule has 0 spiro atoms. The van der Waals surface area contributed by atoms with E-state index in [-0.39, 0.29) is 17.6 Å². The number of amides is 2. The van der Waals surface area contributed by atoms with Crippen LogP contribution in [0.25, 0.3) is 0 Å². The van der Waals surface area contributed by atoms with Crippen LogP contribution in [0.4, 0.5) is 4.79 Å². The molecule has 6 heteroatoms. The van der Waals surface area contributed by atoms with Gasteiger partial charge in [-0.1, -0.05) is 13.8 Å². The predicted octanol–water partition coefficient (Wildman–Crippen LogP) is 2.39. The molecule has 114 valence electrons. The van der Waals surface area contributed by atoms with Crippen molar-refractivity contribution in [2.24, 2.45) is 5.41 Å². The average Bonchev–Trinajstić information content (AvgIpc) is 2.70. The summed E-state index contributed by atoms with van der Waals surface area (Å²) in [5, 5.41) is 15.3. The molecule has 0 bridgehead atoms. The maximum absolute atomic E-state index is 12.0. The zero-order valence-electron chi connectivity index (χ0n) is 12.9. The fourth-order valence-electron chi connectivity index (χ4n) is 2.12. The van der Waals surface area contributed by atoms with Crippen molar-refractivity contribution >= 4 is 17.4 Å². The monoisotopic (exact) mass is 299 g/mol. The summed E-state index contributed by atoms with van der Waals surface area (Å²) < 4.78 is 0. The topological polar surface area (TPSA) is 65.5 Å². The van der Waals surface area contributed by atoms with Gasteiger partial charge in [-0.2, -0.15) is 0 Å². The molecule has 0 saturated carbocycles. The molecule has 0 radical (unpaired) electrons. The standard InChI is InChI=1S/C14H25N3O2S/c1-10(18)6-14(3,4)9-15-13(19)17(5)7-12-8-20-11(2)16-12/h8,10,18H,6-7,9H2,1-5H3,(H,15,19). The van der Waals surface area contributed by atoms with Gasteiger partial charge in [-0.15, -0.1) is 11.3 Å². The summed E-state index contributed by atoms with van der Waals surface area (Å²) in [4.78, 5) is 18.0. The first-order valence-corrected chi connectivity index (χ1v) is 7.65. The first kappa shape index (κ1) is 16.9. The van der Waals surface area contributed by atoms with E-state index in [1.165, 1.54) is 0 Å². The summed E-state index contributed by atoms with van der Waals surface area (Å²) in [6, 6.07) is -0.116. The van der Waals surface area contributed by atoms with Gasteiger partial charge in [0.05, 0.1) is 23.4 Å². The average molecular weight is 299 g/mol. The third-order valence-electron chi connectivity index (χ3n) is 2.98. The van der Waals surface area contributed by atoms with E-state index in [9.17, 15) is 9.90 Å². The van der Waals surface area contributed by atoms with E-state index in [4.69, 9.17) is 0 Å². The number of nitrogens with one attached hydrogen (secondary N) is 1. The highest BCUT2D eigenvalue weighted by Crippen LogP contribution is 2.21. The molecule has 20 heavy (non-hydrogen) atoms. The fraction of sp³-hybridized carbons (Fsp3) is 0.714. The molecule has 0 aliphatic carbocycles. The smallest absolute Gasteiger partial charge is 0.317 e. The minimum absolute atomic E-state index is 0.116. The summed E-state index contributed by atoms with van der Waals surface area (Å²) in [5.41, 5.74) is 0.787. The van der Waals surface area contributed by atoms with Gasteiger partial charge in [0.25, 0.3) is 0 Å². The van der Waals surface area contributed by atoms with E-state index in [2.05, 4.69) is 10.3 Å². The number of thiazole rings is 1. The zero-order valence-corrected chi connectivity index (χ0v) is 13.8. The van der Waals surface area contributed by atoms with Crippen LogP contribution in [0.15, 0.2) is 5.38 Å². The van der Waals surface area contributed by atoms with Crippen molar-refractivity contribution in [3.05, 3.63) is 16.1 Å². The lowest BCUT2D eigenvalue weighted by molar-refractivity contribution is 0.127. The van der Waals surface area contributed by atoms with Crippen LogP contribution in [0.2, 0.25) is 0 Å². The maximum Gasteiger partial charge on any atom is 0.317 e. The Morgan fingerprint density at radius 1 is 1.60 bits per heavy atom. The predicted molar refractivity (Wildman–Crippen MR) is 81.8 cm³/mol. The minimum Gasteiger partial charge on any atom is -0.393 e. The molecule has 1 unspecified atom stereocenters. The third-order valence-corrected chi connectivity index (χ3v) is 3.80. The van der Waals surface area contributed by atoms with Gasteiger partial charge in [0.2, 0.25) is 0 Å². The number of aliphatic hydroxyl groups excluding tert-OH is 1. The van der Waals surface area contributed by atoms with E-state index < -0.39 is 0 Å². The van der Waals surface area contributed by atoms with Gasteiger partial charge in [-0.3, -0.25) is 0 Å². The van der Waals surface area contributed by atoms with Gasteiger partial charge in [-0.05, 0) is 25.7 Å². The van der Waals surface area contributed by atoms with Gasteiger partial charge >= 0.3 is 6.03 Å². The molecule has 0 aromatic carbocycles. The molecule has 0 saturated heterocycles. The Kier molecular flexibility index (Phi) is 5.95. The molecular formula is C14H25N3O2S. The highest BCUT2D eigenvalue weighted by Gasteiger charge is 2.22. The van der Waals surface area contributed by atoms with Crippen molar-refractivity contribution in [2.75, 3.05) is 13.6 Å². The largest absolute Gasteiger partial charge is 0.393 e. The Balaban J connectivity index is 2.42. The van der Waals surface area contributed by atoms with E-state index in [1.807, 2.05) is 26.2 Å². The number of aliphatic hydroxyl groups is 1. The molecule has 1 aromatic heterocycles. The number of urea groups is 1. The van der Waals surface area contributed by atoms with Crippen LogP contribution in [-0.4, -0.2) is 40.7 Å². The van der Waals surface area contributed by atoms with Crippen LogP contribution in [0.1, 0.15) is 37.9 Å². The third kappa shape index (κ3) is 5.88. The second kappa shape index (κ2) is 7.04. The van der Waals surface area contributed by atoms with Crippen molar-refractivity contribution in [3.63, 3.8) is 0 Å². The Labute approximate surface area is 125 Å². The number of hydrogen-bond acceptors (Lipinski definition) is 4. The summed E-state index contributed by atoms with van der Waals surface area (Å²) in [5.74, 6) is 0. The first-order valence-electron chi connectivity index (χ1n) is 6.77. The molecule has 0 aliphatic rings. The minimum atomic E-state index is -0.363. The van der Waals surface area contributed by atoms with Crippen molar-refractivity contribution in [1.82, 2.24) is 15.2 Å². The lowest BCUT2D eigenvalue weighted by Crippen LogP contribution is -2.42. The summed E-state index contributed by atoms with van der Waals surface area (Å²) >= 11 is 1.59. The zero-order chi connectivity index (χ0) is 15.3. The van der Waals surface area contributed by atoms with E-state index in [0.29, 0.717) is 19.5 Å². The highest BCUT2D eigenvalue weighted by atomic mass is 32.1. The van der Waals surface area contributed by atoms with Crippen molar-refractivity contribution in [2.45, 2.75) is 46.8 Å². The molecule has 0 fully saturated rings. The van der Waals surface area contributed by atoms with E-state index in [0.717, 1.165) is 10.7 Å². The van der Waals surface area contributed by atoms with E-state index >= 15 is 0 Å². The Morgan fingerprint density at radius 2 is 2.25 bits per heavy atom. The van der Waals surface area contributed by atoms with Gasteiger partial charge in [0.1, 0.15) is 0 Å².